The van der Waals surface area contributed by atoms with Crippen LogP contribution in [0.25, 0.3) is 5.78 Å². The lowest BCUT2D eigenvalue weighted by Gasteiger charge is -2.19. The zero-order chi connectivity index (χ0) is 21.2. The molecule has 3 aromatic rings. The summed E-state index contributed by atoms with van der Waals surface area (Å²) in [5.74, 6) is 0.706. The quantitative estimate of drug-likeness (QED) is 0.611. The molecule has 0 saturated heterocycles. The van der Waals surface area contributed by atoms with Crippen molar-refractivity contribution in [1.29, 1.82) is 0 Å². The first-order valence-corrected chi connectivity index (χ1v) is 11.4. The summed E-state index contributed by atoms with van der Waals surface area (Å²) in [5.41, 5.74) is 4.12. The van der Waals surface area contributed by atoms with Crippen molar-refractivity contribution in [2.24, 2.45) is 0 Å². The van der Waals surface area contributed by atoms with E-state index in [-0.39, 0.29) is 6.04 Å². The smallest absolute Gasteiger partial charge is 0.243 e. The average molecular weight is 416 g/mol. The fourth-order valence-corrected chi connectivity index (χ4v) is 5.00. The summed E-state index contributed by atoms with van der Waals surface area (Å²) in [7, 11) is -3.43. The van der Waals surface area contributed by atoms with Gasteiger partial charge in [-0.2, -0.15) is 4.31 Å². The van der Waals surface area contributed by atoms with Crippen LogP contribution >= 0.6 is 0 Å². The van der Waals surface area contributed by atoms with E-state index in [4.69, 9.17) is 0 Å². The lowest BCUT2D eigenvalue weighted by molar-refractivity contribution is 0.445. The molecule has 1 aromatic carbocycles. The van der Waals surface area contributed by atoms with Gasteiger partial charge in [-0.1, -0.05) is 26.0 Å². The molecule has 2 heterocycles. The Morgan fingerprint density at radius 3 is 2.41 bits per heavy atom. The lowest BCUT2D eigenvalue weighted by atomic mass is 10.1. The standard InChI is InChI=1S/C21H29N5O2S/c1-6-25(7-2)29(27,28)20-10-8-18(9-11-20)17(5)22-13-19-14-23-21-24-15(3)12-16(4)26(19)21/h8-12,14,17,22H,6-7,13H2,1-5H3. The molecule has 2 aromatic heterocycles. The van der Waals surface area contributed by atoms with Crippen LogP contribution < -0.4 is 5.32 Å². The summed E-state index contributed by atoms with van der Waals surface area (Å²) in [4.78, 5) is 9.20. The molecule has 7 nitrogen and oxygen atoms in total. The molecule has 0 aliphatic rings. The maximum Gasteiger partial charge on any atom is 0.243 e. The van der Waals surface area contributed by atoms with E-state index >= 15 is 0 Å². The first-order valence-electron chi connectivity index (χ1n) is 9.92. The van der Waals surface area contributed by atoms with E-state index in [9.17, 15) is 8.42 Å². The molecule has 0 bridgehead atoms. The fourth-order valence-electron chi connectivity index (χ4n) is 3.54. The van der Waals surface area contributed by atoms with Gasteiger partial charge in [0.2, 0.25) is 15.8 Å². The molecule has 0 radical (unpaired) electrons. The zero-order valence-corrected chi connectivity index (χ0v) is 18.5. The Bertz CT molecular complexity index is 1090. The molecular weight excluding hydrogens is 386 g/mol. The van der Waals surface area contributed by atoms with Crippen LogP contribution in [-0.2, 0) is 16.6 Å². The maximum atomic E-state index is 12.6. The number of fused-ring (bicyclic) bond motifs is 1. The van der Waals surface area contributed by atoms with Crippen molar-refractivity contribution in [3.05, 3.63) is 59.2 Å². The second-order valence-electron chi connectivity index (χ2n) is 7.18. The van der Waals surface area contributed by atoms with E-state index in [1.165, 1.54) is 4.31 Å². The Balaban J connectivity index is 1.73. The van der Waals surface area contributed by atoms with E-state index in [0.29, 0.717) is 30.3 Å². The van der Waals surface area contributed by atoms with Gasteiger partial charge in [-0.05, 0) is 44.5 Å². The largest absolute Gasteiger partial charge is 0.305 e. The number of aryl methyl sites for hydroxylation is 2. The van der Waals surface area contributed by atoms with Crippen molar-refractivity contribution in [3.8, 4) is 0 Å². The van der Waals surface area contributed by atoms with Crippen molar-refractivity contribution in [1.82, 2.24) is 24.0 Å². The predicted octanol–water partition coefficient (Wildman–Crippen LogP) is 3.23. The van der Waals surface area contributed by atoms with Gasteiger partial charge in [0.25, 0.3) is 0 Å². The summed E-state index contributed by atoms with van der Waals surface area (Å²) < 4.78 is 28.8. The normalized spacial score (nSPS) is 13.3. The maximum absolute atomic E-state index is 12.6. The summed E-state index contributed by atoms with van der Waals surface area (Å²) in [5, 5.41) is 3.49. The molecule has 1 unspecified atom stereocenters. The van der Waals surface area contributed by atoms with Crippen LogP contribution in [0, 0.1) is 13.8 Å². The molecule has 29 heavy (non-hydrogen) atoms. The monoisotopic (exact) mass is 415 g/mol. The molecule has 1 N–H and O–H groups in total. The Labute approximate surface area is 172 Å². The van der Waals surface area contributed by atoms with Gasteiger partial charge in [-0.15, -0.1) is 0 Å². The van der Waals surface area contributed by atoms with Crippen LogP contribution in [0.5, 0.6) is 0 Å². The third kappa shape index (κ3) is 4.34. The highest BCUT2D eigenvalue weighted by Gasteiger charge is 2.21. The Morgan fingerprint density at radius 2 is 1.79 bits per heavy atom. The molecule has 0 aliphatic carbocycles. The molecule has 1 atom stereocenters. The molecule has 0 aliphatic heterocycles. The highest BCUT2D eigenvalue weighted by molar-refractivity contribution is 7.89. The molecule has 0 fully saturated rings. The van der Waals surface area contributed by atoms with Gasteiger partial charge in [-0.3, -0.25) is 4.40 Å². The number of nitrogens with one attached hydrogen (secondary N) is 1. The zero-order valence-electron chi connectivity index (χ0n) is 17.7. The number of benzene rings is 1. The number of hydrogen-bond acceptors (Lipinski definition) is 5. The first kappa shape index (κ1) is 21.4. The molecule has 3 rings (SSSR count). The highest BCUT2D eigenvalue weighted by atomic mass is 32.2. The van der Waals surface area contributed by atoms with Crippen LogP contribution in [-0.4, -0.2) is 40.2 Å². The van der Waals surface area contributed by atoms with E-state index in [0.717, 1.165) is 22.6 Å². The third-order valence-electron chi connectivity index (χ3n) is 5.18. The summed E-state index contributed by atoms with van der Waals surface area (Å²) in [6.07, 6.45) is 1.84. The predicted molar refractivity (Wildman–Crippen MR) is 114 cm³/mol. The van der Waals surface area contributed by atoms with E-state index in [2.05, 4.69) is 22.2 Å². The van der Waals surface area contributed by atoms with Gasteiger partial charge >= 0.3 is 0 Å². The van der Waals surface area contributed by atoms with Gasteiger partial charge < -0.3 is 5.32 Å². The Hall–Kier alpha value is -2.29. The van der Waals surface area contributed by atoms with E-state index in [1.807, 2.05) is 56.5 Å². The summed E-state index contributed by atoms with van der Waals surface area (Å²) >= 11 is 0. The minimum absolute atomic E-state index is 0.0597. The topological polar surface area (TPSA) is 79.6 Å². The van der Waals surface area contributed by atoms with Crippen LogP contribution in [0.3, 0.4) is 0 Å². The SMILES string of the molecule is CCN(CC)S(=O)(=O)c1ccc(C(C)NCc2cnc3nc(C)cc(C)n23)cc1. The number of rotatable bonds is 8. The minimum Gasteiger partial charge on any atom is -0.305 e. The van der Waals surface area contributed by atoms with Crippen molar-refractivity contribution in [2.75, 3.05) is 13.1 Å². The van der Waals surface area contributed by atoms with Crippen LogP contribution in [0.15, 0.2) is 41.4 Å². The fraction of sp³-hybridized carbons (Fsp3) is 0.429. The molecular formula is C21H29N5O2S. The lowest BCUT2D eigenvalue weighted by Crippen LogP contribution is -2.30. The van der Waals surface area contributed by atoms with Crippen LogP contribution in [0.2, 0.25) is 0 Å². The Kier molecular flexibility index (Phi) is 6.36. The third-order valence-corrected chi connectivity index (χ3v) is 7.24. The molecule has 156 valence electrons. The van der Waals surface area contributed by atoms with Gasteiger partial charge in [0.05, 0.1) is 16.8 Å². The van der Waals surface area contributed by atoms with Gasteiger partial charge in [0.1, 0.15) is 0 Å². The molecule has 0 amide bonds. The first-order chi connectivity index (χ1) is 13.8. The average Bonchev–Trinajstić information content (AvgIpc) is 3.10. The van der Waals surface area contributed by atoms with E-state index in [1.54, 1.807) is 12.1 Å². The van der Waals surface area contributed by atoms with Gasteiger partial charge in [0, 0.05) is 37.1 Å². The second kappa shape index (κ2) is 8.61. The van der Waals surface area contributed by atoms with Crippen molar-refractivity contribution in [2.45, 2.75) is 52.1 Å². The van der Waals surface area contributed by atoms with Crippen molar-refractivity contribution >= 4 is 15.8 Å². The summed E-state index contributed by atoms with van der Waals surface area (Å²) in [6.45, 7) is 11.3. The van der Waals surface area contributed by atoms with Crippen LogP contribution in [0.4, 0.5) is 0 Å². The number of aromatic nitrogens is 3. The van der Waals surface area contributed by atoms with Crippen molar-refractivity contribution in [3.63, 3.8) is 0 Å². The second-order valence-corrected chi connectivity index (χ2v) is 9.12. The molecule has 0 saturated carbocycles. The van der Waals surface area contributed by atoms with Crippen LogP contribution in [0.1, 0.15) is 49.5 Å². The number of nitrogens with zero attached hydrogens (tertiary/aromatic N) is 4. The number of sulfonamides is 1. The summed E-state index contributed by atoms with van der Waals surface area (Å²) in [6, 6.07) is 9.22. The minimum atomic E-state index is -3.43. The van der Waals surface area contributed by atoms with E-state index < -0.39 is 10.0 Å². The number of imidazole rings is 1. The van der Waals surface area contributed by atoms with Crippen molar-refractivity contribution < 1.29 is 8.42 Å². The van der Waals surface area contributed by atoms with Gasteiger partial charge in [0.15, 0.2) is 0 Å². The number of hydrogen-bond donors (Lipinski definition) is 1. The van der Waals surface area contributed by atoms with Gasteiger partial charge in [-0.25, -0.2) is 18.4 Å². The highest BCUT2D eigenvalue weighted by Crippen LogP contribution is 2.20. The molecule has 8 heteroatoms. The Morgan fingerprint density at radius 1 is 1.14 bits per heavy atom. The molecule has 0 spiro atoms.